The highest BCUT2D eigenvalue weighted by atomic mass is 79.9. The number of carbonyl (C=O) groups excluding carboxylic acids is 1. The third kappa shape index (κ3) is 4.33. The van der Waals surface area contributed by atoms with Crippen molar-refractivity contribution >= 4 is 21.8 Å². The van der Waals surface area contributed by atoms with Crippen molar-refractivity contribution in [3.8, 4) is 0 Å². The standard InChI is InChI=1S/C15H15BrF3NO/c16-13-7-6-11(15(17,18)19)8-12(13)14(21)20-9-10-4-2-1-3-5-10/h1-2,6-8,10H,3-5,9H2,(H,20,21). The Morgan fingerprint density at radius 3 is 2.71 bits per heavy atom. The molecule has 2 rings (SSSR count). The Hall–Kier alpha value is -1.30. The Morgan fingerprint density at radius 1 is 1.33 bits per heavy atom. The molecule has 0 spiro atoms. The number of benzene rings is 1. The molecule has 1 aliphatic carbocycles. The van der Waals surface area contributed by atoms with Crippen LogP contribution in [0.1, 0.15) is 35.2 Å². The van der Waals surface area contributed by atoms with Gasteiger partial charge in [0.2, 0.25) is 0 Å². The summed E-state index contributed by atoms with van der Waals surface area (Å²) in [7, 11) is 0. The molecule has 21 heavy (non-hydrogen) atoms. The molecule has 114 valence electrons. The fourth-order valence-electron chi connectivity index (χ4n) is 2.25. The quantitative estimate of drug-likeness (QED) is 0.786. The smallest absolute Gasteiger partial charge is 0.352 e. The molecule has 1 aromatic rings. The average Bonchev–Trinajstić information content (AvgIpc) is 2.45. The summed E-state index contributed by atoms with van der Waals surface area (Å²) in [6.07, 6.45) is 2.57. The number of carbonyl (C=O) groups is 1. The Kier molecular flexibility index (Phi) is 5.08. The normalized spacial score (nSPS) is 18.6. The zero-order valence-corrected chi connectivity index (χ0v) is 12.8. The summed E-state index contributed by atoms with van der Waals surface area (Å²) in [6.45, 7) is 0.478. The van der Waals surface area contributed by atoms with E-state index in [0.29, 0.717) is 16.9 Å². The maximum absolute atomic E-state index is 12.7. The van der Waals surface area contributed by atoms with Crippen molar-refractivity contribution in [1.82, 2.24) is 5.32 Å². The highest BCUT2D eigenvalue weighted by Crippen LogP contribution is 2.31. The lowest BCUT2D eigenvalue weighted by Crippen LogP contribution is -2.30. The second-order valence-electron chi connectivity index (χ2n) is 5.05. The van der Waals surface area contributed by atoms with E-state index in [0.717, 1.165) is 31.4 Å². The van der Waals surface area contributed by atoms with Gasteiger partial charge in [-0.15, -0.1) is 0 Å². The summed E-state index contributed by atoms with van der Waals surface area (Å²) in [5.41, 5.74) is -0.812. The molecule has 0 bridgehead atoms. The van der Waals surface area contributed by atoms with Crippen molar-refractivity contribution in [3.63, 3.8) is 0 Å². The van der Waals surface area contributed by atoms with Gasteiger partial charge in [0, 0.05) is 11.0 Å². The molecule has 1 aromatic carbocycles. The molecule has 1 aliphatic rings. The molecule has 0 aromatic heterocycles. The fourth-order valence-corrected chi connectivity index (χ4v) is 2.68. The lowest BCUT2D eigenvalue weighted by molar-refractivity contribution is -0.137. The van der Waals surface area contributed by atoms with Crippen LogP contribution in [0.25, 0.3) is 0 Å². The Labute approximate surface area is 129 Å². The molecule has 1 atom stereocenters. The molecule has 2 nitrogen and oxygen atoms in total. The molecule has 0 saturated heterocycles. The molecule has 1 amide bonds. The zero-order chi connectivity index (χ0) is 15.5. The minimum Gasteiger partial charge on any atom is -0.352 e. The molecule has 0 saturated carbocycles. The van der Waals surface area contributed by atoms with E-state index in [2.05, 4.69) is 33.4 Å². The fraction of sp³-hybridized carbons (Fsp3) is 0.400. The van der Waals surface area contributed by atoms with E-state index in [9.17, 15) is 18.0 Å². The van der Waals surface area contributed by atoms with Crippen molar-refractivity contribution in [1.29, 1.82) is 0 Å². The van der Waals surface area contributed by atoms with Gasteiger partial charge >= 0.3 is 6.18 Å². The van der Waals surface area contributed by atoms with E-state index in [1.165, 1.54) is 6.07 Å². The van der Waals surface area contributed by atoms with Crippen LogP contribution in [0.2, 0.25) is 0 Å². The van der Waals surface area contributed by atoms with Gasteiger partial charge in [-0.05, 0) is 59.3 Å². The summed E-state index contributed by atoms with van der Waals surface area (Å²) in [5, 5.41) is 2.72. The predicted octanol–water partition coefficient (Wildman–Crippen LogP) is 4.55. The molecular weight excluding hydrogens is 347 g/mol. The number of amides is 1. The first-order chi connectivity index (χ1) is 9.88. The van der Waals surface area contributed by atoms with Gasteiger partial charge in [0.05, 0.1) is 11.1 Å². The van der Waals surface area contributed by atoms with Crippen LogP contribution in [0.5, 0.6) is 0 Å². The second-order valence-corrected chi connectivity index (χ2v) is 5.91. The number of hydrogen-bond acceptors (Lipinski definition) is 1. The van der Waals surface area contributed by atoms with Crippen molar-refractivity contribution in [2.24, 2.45) is 5.92 Å². The van der Waals surface area contributed by atoms with Crippen molar-refractivity contribution in [2.75, 3.05) is 6.54 Å². The number of hydrogen-bond donors (Lipinski definition) is 1. The van der Waals surface area contributed by atoms with E-state index in [1.54, 1.807) is 0 Å². The molecule has 0 radical (unpaired) electrons. The second kappa shape index (κ2) is 6.64. The summed E-state index contributed by atoms with van der Waals surface area (Å²) in [4.78, 5) is 12.1. The third-order valence-corrected chi connectivity index (χ3v) is 4.16. The molecule has 0 fully saturated rings. The topological polar surface area (TPSA) is 29.1 Å². The largest absolute Gasteiger partial charge is 0.416 e. The lowest BCUT2D eigenvalue weighted by atomic mass is 9.94. The first kappa shape index (κ1) is 16.1. The maximum Gasteiger partial charge on any atom is 0.416 e. The van der Waals surface area contributed by atoms with Crippen LogP contribution in [0, 0.1) is 5.92 Å². The van der Waals surface area contributed by atoms with Crippen LogP contribution in [0.4, 0.5) is 13.2 Å². The first-order valence-electron chi connectivity index (χ1n) is 6.68. The summed E-state index contributed by atoms with van der Waals surface area (Å²) >= 11 is 3.12. The Bertz CT molecular complexity index is 554. The Balaban J connectivity index is 2.06. The van der Waals surface area contributed by atoms with Gasteiger partial charge in [-0.1, -0.05) is 12.2 Å². The molecule has 0 aliphatic heterocycles. The maximum atomic E-state index is 12.7. The number of halogens is 4. The number of nitrogens with one attached hydrogen (secondary N) is 1. The van der Waals surface area contributed by atoms with Gasteiger partial charge < -0.3 is 5.32 Å². The van der Waals surface area contributed by atoms with E-state index < -0.39 is 17.6 Å². The van der Waals surface area contributed by atoms with Crippen LogP contribution in [0.15, 0.2) is 34.8 Å². The van der Waals surface area contributed by atoms with E-state index in [4.69, 9.17) is 0 Å². The average molecular weight is 362 g/mol. The predicted molar refractivity (Wildman–Crippen MR) is 78.0 cm³/mol. The zero-order valence-electron chi connectivity index (χ0n) is 11.2. The number of alkyl halides is 3. The highest BCUT2D eigenvalue weighted by molar-refractivity contribution is 9.10. The third-order valence-electron chi connectivity index (χ3n) is 3.47. The number of allylic oxidation sites excluding steroid dienone is 2. The molecule has 1 N–H and O–H groups in total. The molecule has 6 heteroatoms. The van der Waals surface area contributed by atoms with Crippen molar-refractivity contribution in [2.45, 2.75) is 25.4 Å². The SMILES string of the molecule is O=C(NCC1CC=CCC1)c1cc(C(F)(F)F)ccc1Br. The Morgan fingerprint density at radius 2 is 2.10 bits per heavy atom. The van der Waals surface area contributed by atoms with Gasteiger partial charge in [-0.3, -0.25) is 4.79 Å². The van der Waals surface area contributed by atoms with E-state index in [-0.39, 0.29) is 5.56 Å². The minimum atomic E-state index is -4.45. The van der Waals surface area contributed by atoms with Crippen molar-refractivity contribution < 1.29 is 18.0 Å². The van der Waals surface area contributed by atoms with Gasteiger partial charge in [-0.25, -0.2) is 0 Å². The minimum absolute atomic E-state index is 0.0103. The summed E-state index contributed by atoms with van der Waals surface area (Å²) in [5.74, 6) is -0.133. The van der Waals surface area contributed by atoms with Crippen LogP contribution in [-0.2, 0) is 6.18 Å². The monoisotopic (exact) mass is 361 g/mol. The lowest BCUT2D eigenvalue weighted by Gasteiger charge is -2.18. The van der Waals surface area contributed by atoms with Crippen LogP contribution < -0.4 is 5.32 Å². The molecule has 1 unspecified atom stereocenters. The summed E-state index contributed by atoms with van der Waals surface area (Å²) in [6, 6.07) is 3.08. The van der Waals surface area contributed by atoms with Gasteiger partial charge in [0.1, 0.15) is 0 Å². The van der Waals surface area contributed by atoms with Gasteiger partial charge in [0.15, 0.2) is 0 Å². The summed E-state index contributed by atoms with van der Waals surface area (Å²) < 4.78 is 38.4. The number of rotatable bonds is 3. The van der Waals surface area contributed by atoms with Crippen molar-refractivity contribution in [3.05, 3.63) is 46.0 Å². The van der Waals surface area contributed by atoms with E-state index in [1.807, 2.05) is 0 Å². The molecular formula is C15H15BrF3NO. The van der Waals surface area contributed by atoms with Gasteiger partial charge in [-0.2, -0.15) is 13.2 Å². The molecule has 0 heterocycles. The van der Waals surface area contributed by atoms with Crippen LogP contribution in [0.3, 0.4) is 0 Å². The van der Waals surface area contributed by atoms with E-state index >= 15 is 0 Å². The van der Waals surface area contributed by atoms with Gasteiger partial charge in [0.25, 0.3) is 5.91 Å². The van der Waals surface area contributed by atoms with Crippen LogP contribution in [-0.4, -0.2) is 12.5 Å². The highest BCUT2D eigenvalue weighted by Gasteiger charge is 2.31. The van der Waals surface area contributed by atoms with Crippen LogP contribution >= 0.6 is 15.9 Å². The first-order valence-corrected chi connectivity index (χ1v) is 7.47.